The van der Waals surface area contributed by atoms with E-state index in [1.165, 1.54) is 11.3 Å². The molecule has 0 radical (unpaired) electrons. The van der Waals surface area contributed by atoms with Gasteiger partial charge in [-0.05, 0) is 36.9 Å². The van der Waals surface area contributed by atoms with E-state index in [0.717, 1.165) is 27.5 Å². The van der Waals surface area contributed by atoms with E-state index in [1.54, 1.807) is 22.2 Å². The van der Waals surface area contributed by atoms with Crippen LogP contribution in [0.1, 0.15) is 21.6 Å². The van der Waals surface area contributed by atoms with Crippen molar-refractivity contribution in [2.75, 3.05) is 5.32 Å². The van der Waals surface area contributed by atoms with Crippen molar-refractivity contribution in [1.29, 1.82) is 0 Å². The molecule has 0 aliphatic carbocycles. The number of nitrogens with one attached hydrogen (secondary N) is 1. The SMILES string of the molecule is Cc1ccccc1-n1ncc(C(=O)Nc2nc(-c3cccs3)cs2)c1C. The third kappa shape index (κ3) is 3.07. The summed E-state index contributed by atoms with van der Waals surface area (Å²) in [7, 11) is 0. The molecule has 0 aliphatic rings. The number of rotatable bonds is 4. The van der Waals surface area contributed by atoms with Crippen molar-refractivity contribution >= 4 is 33.7 Å². The van der Waals surface area contributed by atoms with Gasteiger partial charge in [-0.3, -0.25) is 10.1 Å². The molecule has 5 nitrogen and oxygen atoms in total. The molecule has 0 bridgehead atoms. The maximum Gasteiger partial charge on any atom is 0.260 e. The Labute approximate surface area is 159 Å². The number of anilines is 1. The molecule has 0 aliphatic heterocycles. The topological polar surface area (TPSA) is 59.8 Å². The fourth-order valence-electron chi connectivity index (χ4n) is 2.71. The summed E-state index contributed by atoms with van der Waals surface area (Å²) in [6.45, 7) is 3.92. The van der Waals surface area contributed by atoms with Gasteiger partial charge in [-0.15, -0.1) is 22.7 Å². The van der Waals surface area contributed by atoms with Gasteiger partial charge in [0.15, 0.2) is 5.13 Å². The largest absolute Gasteiger partial charge is 0.298 e. The van der Waals surface area contributed by atoms with Crippen LogP contribution in [0.2, 0.25) is 0 Å². The Morgan fingerprint density at radius 2 is 1.96 bits per heavy atom. The van der Waals surface area contributed by atoms with Crippen molar-refractivity contribution in [3.63, 3.8) is 0 Å². The van der Waals surface area contributed by atoms with E-state index in [2.05, 4.69) is 15.4 Å². The first-order valence-electron chi connectivity index (χ1n) is 8.05. The number of nitrogens with zero attached hydrogens (tertiary/aromatic N) is 3. The lowest BCUT2D eigenvalue weighted by Crippen LogP contribution is -2.13. The van der Waals surface area contributed by atoms with Crippen LogP contribution in [0.25, 0.3) is 16.3 Å². The van der Waals surface area contributed by atoms with E-state index in [0.29, 0.717) is 10.7 Å². The first-order valence-corrected chi connectivity index (χ1v) is 9.81. The molecular weight excluding hydrogens is 364 g/mol. The highest BCUT2D eigenvalue weighted by Crippen LogP contribution is 2.28. The van der Waals surface area contributed by atoms with E-state index < -0.39 is 0 Å². The molecule has 0 saturated heterocycles. The van der Waals surface area contributed by atoms with E-state index >= 15 is 0 Å². The monoisotopic (exact) mass is 380 g/mol. The van der Waals surface area contributed by atoms with Gasteiger partial charge in [0.1, 0.15) is 0 Å². The standard InChI is InChI=1S/C19H16N4OS2/c1-12-6-3-4-7-16(12)23-13(2)14(10-20-23)18(24)22-19-21-15(11-26-19)17-8-5-9-25-17/h3-11H,1-2H3,(H,21,22,24). The fraction of sp³-hybridized carbons (Fsp3) is 0.105. The van der Waals surface area contributed by atoms with Gasteiger partial charge in [-0.25, -0.2) is 9.67 Å². The Morgan fingerprint density at radius 1 is 1.12 bits per heavy atom. The third-order valence-electron chi connectivity index (χ3n) is 4.10. The molecule has 1 N–H and O–H groups in total. The Morgan fingerprint density at radius 3 is 2.73 bits per heavy atom. The lowest BCUT2D eigenvalue weighted by Gasteiger charge is -2.08. The number of amides is 1. The smallest absolute Gasteiger partial charge is 0.260 e. The summed E-state index contributed by atoms with van der Waals surface area (Å²) in [6, 6.07) is 12.0. The number of thiophene rings is 1. The average molecular weight is 380 g/mol. The first kappa shape index (κ1) is 16.7. The Bertz CT molecular complexity index is 1060. The van der Waals surface area contributed by atoms with Crippen molar-refractivity contribution < 1.29 is 4.79 Å². The van der Waals surface area contributed by atoms with E-state index in [-0.39, 0.29) is 5.91 Å². The summed E-state index contributed by atoms with van der Waals surface area (Å²) in [5, 5.41) is 11.8. The Kier molecular flexibility index (Phi) is 4.40. The quantitative estimate of drug-likeness (QED) is 0.546. The summed E-state index contributed by atoms with van der Waals surface area (Å²) in [4.78, 5) is 18.3. The van der Waals surface area contributed by atoms with Gasteiger partial charge in [0.25, 0.3) is 5.91 Å². The number of aryl methyl sites for hydroxylation is 1. The normalized spacial score (nSPS) is 10.8. The maximum absolute atomic E-state index is 12.7. The van der Waals surface area contributed by atoms with Crippen LogP contribution in [-0.2, 0) is 0 Å². The minimum absolute atomic E-state index is 0.200. The summed E-state index contributed by atoms with van der Waals surface area (Å²) in [5.41, 5.74) is 4.30. The molecule has 26 heavy (non-hydrogen) atoms. The number of hydrogen-bond acceptors (Lipinski definition) is 5. The van der Waals surface area contributed by atoms with Gasteiger partial charge < -0.3 is 0 Å². The molecule has 0 unspecified atom stereocenters. The van der Waals surface area contributed by atoms with E-state index in [1.807, 2.05) is 61.0 Å². The molecule has 0 fully saturated rings. The number of carbonyl (C=O) groups is 1. The number of thiazole rings is 1. The van der Waals surface area contributed by atoms with Crippen LogP contribution in [0.15, 0.2) is 53.4 Å². The van der Waals surface area contributed by atoms with Crippen LogP contribution in [-0.4, -0.2) is 20.7 Å². The molecule has 1 aromatic carbocycles. The predicted octanol–water partition coefficient (Wildman–Crippen LogP) is 4.93. The molecule has 0 spiro atoms. The van der Waals surface area contributed by atoms with Crippen molar-refractivity contribution in [3.05, 3.63) is 70.2 Å². The highest BCUT2D eigenvalue weighted by Gasteiger charge is 2.17. The minimum atomic E-state index is -0.200. The predicted molar refractivity (Wildman–Crippen MR) is 106 cm³/mol. The number of aromatic nitrogens is 3. The van der Waals surface area contributed by atoms with Gasteiger partial charge in [-0.2, -0.15) is 5.10 Å². The molecule has 130 valence electrons. The summed E-state index contributed by atoms with van der Waals surface area (Å²) in [5.74, 6) is -0.200. The fourth-order valence-corrected chi connectivity index (χ4v) is 4.18. The number of hydrogen-bond donors (Lipinski definition) is 1. The van der Waals surface area contributed by atoms with Gasteiger partial charge >= 0.3 is 0 Å². The van der Waals surface area contributed by atoms with Crippen molar-refractivity contribution in [1.82, 2.24) is 14.8 Å². The second kappa shape index (κ2) is 6.86. The van der Waals surface area contributed by atoms with Gasteiger partial charge in [-0.1, -0.05) is 24.3 Å². The Balaban J connectivity index is 1.57. The summed E-state index contributed by atoms with van der Waals surface area (Å²) < 4.78 is 1.79. The number of carbonyl (C=O) groups excluding carboxylic acids is 1. The molecule has 7 heteroatoms. The van der Waals surface area contributed by atoms with Crippen molar-refractivity contribution in [2.45, 2.75) is 13.8 Å². The molecule has 0 saturated carbocycles. The van der Waals surface area contributed by atoms with Crippen LogP contribution < -0.4 is 5.32 Å². The average Bonchev–Trinajstić information content (AvgIpc) is 3.36. The van der Waals surface area contributed by atoms with Crippen LogP contribution in [0.3, 0.4) is 0 Å². The molecule has 4 rings (SSSR count). The highest BCUT2D eigenvalue weighted by atomic mass is 32.1. The van der Waals surface area contributed by atoms with Gasteiger partial charge in [0.05, 0.1) is 33.7 Å². The zero-order valence-electron chi connectivity index (χ0n) is 14.3. The molecular formula is C19H16N4OS2. The molecule has 0 atom stereocenters. The third-order valence-corrected chi connectivity index (χ3v) is 5.75. The van der Waals surface area contributed by atoms with Crippen LogP contribution in [0, 0.1) is 13.8 Å². The molecule has 3 aromatic heterocycles. The molecule has 4 aromatic rings. The summed E-state index contributed by atoms with van der Waals surface area (Å²) in [6.07, 6.45) is 1.60. The number of benzene rings is 1. The van der Waals surface area contributed by atoms with Gasteiger partial charge in [0, 0.05) is 5.38 Å². The lowest BCUT2D eigenvalue weighted by atomic mass is 10.2. The second-order valence-corrected chi connectivity index (χ2v) is 7.62. The number of para-hydroxylation sites is 1. The maximum atomic E-state index is 12.7. The van der Waals surface area contributed by atoms with Crippen LogP contribution in [0.4, 0.5) is 5.13 Å². The summed E-state index contributed by atoms with van der Waals surface area (Å²) >= 11 is 3.05. The highest BCUT2D eigenvalue weighted by molar-refractivity contribution is 7.16. The lowest BCUT2D eigenvalue weighted by molar-refractivity contribution is 0.102. The van der Waals surface area contributed by atoms with Crippen molar-refractivity contribution in [2.24, 2.45) is 0 Å². The molecule has 1 amide bonds. The zero-order valence-corrected chi connectivity index (χ0v) is 15.9. The first-order chi connectivity index (χ1) is 12.6. The zero-order chi connectivity index (χ0) is 18.1. The minimum Gasteiger partial charge on any atom is -0.298 e. The van der Waals surface area contributed by atoms with Crippen LogP contribution >= 0.6 is 22.7 Å². The second-order valence-electron chi connectivity index (χ2n) is 5.81. The van der Waals surface area contributed by atoms with Gasteiger partial charge in [0.2, 0.25) is 0 Å². The van der Waals surface area contributed by atoms with E-state index in [9.17, 15) is 4.79 Å². The van der Waals surface area contributed by atoms with Crippen molar-refractivity contribution in [3.8, 4) is 16.3 Å². The van der Waals surface area contributed by atoms with E-state index in [4.69, 9.17) is 0 Å². The Hall–Kier alpha value is -2.77. The van der Waals surface area contributed by atoms with Crippen LogP contribution in [0.5, 0.6) is 0 Å². The molecule has 3 heterocycles.